The third kappa shape index (κ3) is 1.89. The van der Waals surface area contributed by atoms with Gasteiger partial charge in [-0.2, -0.15) is 4.98 Å². The topological polar surface area (TPSA) is 61.2 Å². The predicted molar refractivity (Wildman–Crippen MR) is 35.8 cm³/mol. The summed E-state index contributed by atoms with van der Waals surface area (Å²) in [5, 5.41) is 0. The summed E-state index contributed by atoms with van der Waals surface area (Å²) in [6.45, 7) is 1.21. The molecule has 1 aromatic rings. The highest BCUT2D eigenvalue weighted by Gasteiger charge is 1.96. The summed E-state index contributed by atoms with van der Waals surface area (Å²) in [5.74, 6) is -0.555. The van der Waals surface area contributed by atoms with E-state index in [0.717, 1.165) is 4.73 Å². The monoisotopic (exact) mass is 154 g/mol. The summed E-state index contributed by atoms with van der Waals surface area (Å²) >= 11 is 0. The van der Waals surface area contributed by atoms with Gasteiger partial charge in [-0.15, -0.1) is 4.73 Å². The SMILES string of the molecule is CC(=O)On1cccnc1=O. The lowest BCUT2D eigenvalue weighted by Gasteiger charge is -1.99. The first-order chi connectivity index (χ1) is 5.20. The molecular formula is C6H6N2O3. The van der Waals surface area contributed by atoms with Crippen LogP contribution >= 0.6 is 0 Å². The zero-order valence-corrected chi connectivity index (χ0v) is 5.85. The zero-order valence-electron chi connectivity index (χ0n) is 5.85. The third-order valence-electron chi connectivity index (χ3n) is 0.908. The van der Waals surface area contributed by atoms with Crippen molar-refractivity contribution in [1.29, 1.82) is 0 Å². The van der Waals surface area contributed by atoms with E-state index in [9.17, 15) is 9.59 Å². The Morgan fingerprint density at radius 1 is 1.73 bits per heavy atom. The molecule has 1 heterocycles. The highest BCUT2D eigenvalue weighted by molar-refractivity contribution is 5.66. The minimum atomic E-state index is -0.609. The van der Waals surface area contributed by atoms with Crippen molar-refractivity contribution in [2.45, 2.75) is 6.92 Å². The Hall–Kier alpha value is -1.65. The van der Waals surface area contributed by atoms with Gasteiger partial charge in [-0.3, -0.25) is 0 Å². The Labute approximate surface area is 62.2 Å². The van der Waals surface area contributed by atoms with Gasteiger partial charge in [-0.25, -0.2) is 9.59 Å². The smallest absolute Gasteiger partial charge is 0.333 e. The van der Waals surface area contributed by atoms with Gasteiger partial charge in [0.2, 0.25) is 0 Å². The molecule has 0 saturated heterocycles. The average molecular weight is 154 g/mol. The van der Waals surface area contributed by atoms with Crippen LogP contribution in [0.25, 0.3) is 0 Å². The van der Waals surface area contributed by atoms with Crippen LogP contribution in [0.15, 0.2) is 23.3 Å². The van der Waals surface area contributed by atoms with Gasteiger partial charge in [0, 0.05) is 13.1 Å². The van der Waals surface area contributed by atoms with Crippen molar-refractivity contribution in [2.75, 3.05) is 0 Å². The van der Waals surface area contributed by atoms with Crippen LogP contribution in [-0.2, 0) is 4.79 Å². The third-order valence-corrected chi connectivity index (χ3v) is 0.908. The lowest BCUT2D eigenvalue weighted by molar-refractivity contribution is -0.142. The fraction of sp³-hybridized carbons (Fsp3) is 0.167. The Morgan fingerprint density at radius 2 is 2.45 bits per heavy atom. The Balaban J connectivity index is 2.95. The lowest BCUT2D eigenvalue weighted by atomic mass is 10.7. The van der Waals surface area contributed by atoms with Gasteiger partial charge in [0.05, 0.1) is 6.20 Å². The number of carbonyl (C=O) groups excluding carboxylic acids is 1. The molecule has 11 heavy (non-hydrogen) atoms. The molecule has 0 saturated carbocycles. The summed E-state index contributed by atoms with van der Waals surface area (Å²) in [5.41, 5.74) is -0.609. The van der Waals surface area contributed by atoms with Crippen LogP contribution in [0.2, 0.25) is 0 Å². The number of rotatable bonds is 1. The average Bonchev–Trinajstić information content (AvgIpc) is 1.93. The van der Waals surface area contributed by atoms with Crippen LogP contribution in [0.4, 0.5) is 0 Å². The Bertz CT molecular complexity index is 318. The van der Waals surface area contributed by atoms with Crippen LogP contribution in [0.5, 0.6) is 0 Å². The Kier molecular flexibility index (Phi) is 2.00. The quantitative estimate of drug-likeness (QED) is 0.532. The zero-order chi connectivity index (χ0) is 8.27. The van der Waals surface area contributed by atoms with Gasteiger partial charge in [0.1, 0.15) is 0 Å². The van der Waals surface area contributed by atoms with Crippen LogP contribution in [0, 0.1) is 0 Å². The predicted octanol–water partition coefficient (Wildman–Crippen LogP) is -0.782. The first-order valence-corrected chi connectivity index (χ1v) is 2.93. The van der Waals surface area contributed by atoms with E-state index in [2.05, 4.69) is 9.82 Å². The van der Waals surface area contributed by atoms with Crippen molar-refractivity contribution < 1.29 is 9.63 Å². The summed E-state index contributed by atoms with van der Waals surface area (Å²) < 4.78 is 0.766. The summed E-state index contributed by atoms with van der Waals surface area (Å²) in [7, 11) is 0. The van der Waals surface area contributed by atoms with Crippen LogP contribution in [0.3, 0.4) is 0 Å². The van der Waals surface area contributed by atoms with Gasteiger partial charge in [-0.05, 0) is 6.07 Å². The first kappa shape index (κ1) is 7.46. The van der Waals surface area contributed by atoms with Crippen molar-refractivity contribution in [2.24, 2.45) is 0 Å². The first-order valence-electron chi connectivity index (χ1n) is 2.93. The number of carbonyl (C=O) groups is 1. The van der Waals surface area contributed by atoms with E-state index in [4.69, 9.17) is 0 Å². The normalized spacial score (nSPS) is 9.18. The maximum Gasteiger partial charge on any atom is 0.380 e. The minimum absolute atomic E-state index is 0.555. The molecule has 0 fully saturated rings. The number of nitrogens with zero attached hydrogens (tertiary/aromatic N) is 2. The molecule has 58 valence electrons. The van der Waals surface area contributed by atoms with Gasteiger partial charge >= 0.3 is 11.7 Å². The van der Waals surface area contributed by atoms with E-state index in [1.54, 1.807) is 0 Å². The summed E-state index contributed by atoms with van der Waals surface area (Å²) in [6, 6.07) is 1.49. The fourth-order valence-electron chi connectivity index (χ4n) is 0.552. The van der Waals surface area contributed by atoms with E-state index < -0.39 is 11.7 Å². The largest absolute Gasteiger partial charge is 0.380 e. The molecule has 1 rings (SSSR count). The summed E-state index contributed by atoms with van der Waals surface area (Å²) in [6.07, 6.45) is 2.64. The molecule has 0 bridgehead atoms. The number of aromatic nitrogens is 2. The van der Waals surface area contributed by atoms with E-state index in [0.29, 0.717) is 0 Å². The van der Waals surface area contributed by atoms with Crippen molar-refractivity contribution in [3.8, 4) is 0 Å². The van der Waals surface area contributed by atoms with Crippen molar-refractivity contribution in [3.05, 3.63) is 28.9 Å². The van der Waals surface area contributed by atoms with Gasteiger partial charge in [-0.1, -0.05) is 0 Å². The molecular weight excluding hydrogens is 148 g/mol. The second-order valence-electron chi connectivity index (χ2n) is 1.81. The minimum Gasteiger partial charge on any atom is -0.333 e. The van der Waals surface area contributed by atoms with Crippen LogP contribution in [0.1, 0.15) is 6.92 Å². The number of hydrogen-bond acceptors (Lipinski definition) is 4. The molecule has 0 unspecified atom stereocenters. The molecule has 0 atom stereocenters. The van der Waals surface area contributed by atoms with Crippen molar-refractivity contribution in [3.63, 3.8) is 0 Å². The molecule has 0 aliphatic rings. The van der Waals surface area contributed by atoms with Gasteiger partial charge in [0.15, 0.2) is 0 Å². The number of hydrogen-bond donors (Lipinski definition) is 0. The highest BCUT2D eigenvalue weighted by atomic mass is 16.7. The molecule has 5 nitrogen and oxygen atoms in total. The molecule has 0 N–H and O–H groups in total. The molecule has 0 radical (unpaired) electrons. The summed E-state index contributed by atoms with van der Waals surface area (Å²) in [4.78, 5) is 28.9. The van der Waals surface area contributed by atoms with E-state index in [1.807, 2.05) is 0 Å². The second kappa shape index (κ2) is 2.96. The van der Waals surface area contributed by atoms with Gasteiger partial charge in [0.25, 0.3) is 0 Å². The van der Waals surface area contributed by atoms with E-state index in [1.165, 1.54) is 25.4 Å². The molecule has 0 amide bonds. The molecule has 0 aliphatic heterocycles. The lowest BCUT2D eigenvalue weighted by Crippen LogP contribution is -2.30. The highest BCUT2D eigenvalue weighted by Crippen LogP contribution is 1.74. The van der Waals surface area contributed by atoms with Crippen LogP contribution < -0.4 is 10.5 Å². The van der Waals surface area contributed by atoms with Crippen molar-refractivity contribution in [1.82, 2.24) is 9.71 Å². The maximum atomic E-state index is 10.7. The molecule has 0 spiro atoms. The van der Waals surface area contributed by atoms with E-state index >= 15 is 0 Å². The molecule has 0 aromatic carbocycles. The van der Waals surface area contributed by atoms with E-state index in [-0.39, 0.29) is 0 Å². The van der Waals surface area contributed by atoms with Crippen LogP contribution in [-0.4, -0.2) is 15.7 Å². The van der Waals surface area contributed by atoms with Crippen molar-refractivity contribution >= 4 is 5.97 Å². The second-order valence-corrected chi connectivity index (χ2v) is 1.81. The molecule has 5 heteroatoms. The molecule has 1 aromatic heterocycles. The Morgan fingerprint density at radius 3 is 3.00 bits per heavy atom. The maximum absolute atomic E-state index is 10.7. The standard InChI is InChI=1S/C6H6N2O3/c1-5(9)11-8-4-2-3-7-6(8)10/h2-4H,1H3. The fourth-order valence-corrected chi connectivity index (χ4v) is 0.552. The molecule has 0 aliphatic carbocycles. The van der Waals surface area contributed by atoms with Gasteiger partial charge < -0.3 is 4.84 Å².